The van der Waals surface area contributed by atoms with Crippen molar-refractivity contribution in [2.45, 2.75) is 38.5 Å². The van der Waals surface area contributed by atoms with Gasteiger partial charge in [0.1, 0.15) is 0 Å². The number of isocyanates is 4. The minimum atomic E-state index is 0.242. The van der Waals surface area contributed by atoms with Gasteiger partial charge in [-0.05, 0) is 50.4 Å². The van der Waals surface area contributed by atoms with E-state index in [0.717, 1.165) is 25.7 Å². The first kappa shape index (κ1) is 21.5. The van der Waals surface area contributed by atoms with Crippen LogP contribution in [0, 0.1) is 11.8 Å². The highest BCUT2D eigenvalue weighted by Crippen LogP contribution is 2.29. The van der Waals surface area contributed by atoms with Crippen molar-refractivity contribution in [1.29, 1.82) is 0 Å². The molecule has 0 radical (unpaired) electrons. The largest absolute Gasteiger partial charge is 0.234 e. The van der Waals surface area contributed by atoms with Crippen LogP contribution in [0.5, 0.6) is 0 Å². The molecule has 0 heterocycles. The molecule has 0 aromatic heterocycles. The molecule has 0 aliphatic carbocycles. The summed E-state index contributed by atoms with van der Waals surface area (Å²) in [5, 5.41) is 0. The fraction of sp³-hybridized carbons (Fsp3) is 0.750. The van der Waals surface area contributed by atoms with Crippen LogP contribution < -0.4 is 0 Å². The first-order valence-corrected chi connectivity index (χ1v) is 7.94. The van der Waals surface area contributed by atoms with Crippen molar-refractivity contribution < 1.29 is 19.2 Å². The van der Waals surface area contributed by atoms with Crippen molar-refractivity contribution in [3.8, 4) is 0 Å². The number of nitrogens with zero attached hydrogens (tertiary/aromatic N) is 4. The lowest BCUT2D eigenvalue weighted by Gasteiger charge is -2.26. The summed E-state index contributed by atoms with van der Waals surface area (Å²) in [6, 6.07) is 0. The van der Waals surface area contributed by atoms with E-state index in [0.29, 0.717) is 39.0 Å². The molecule has 8 heteroatoms. The normalized spacial score (nSPS) is 11.8. The van der Waals surface area contributed by atoms with Crippen LogP contribution in [0.15, 0.2) is 20.0 Å². The maximum atomic E-state index is 10.3. The molecule has 0 aromatic rings. The van der Waals surface area contributed by atoms with Crippen molar-refractivity contribution in [1.82, 2.24) is 0 Å². The van der Waals surface area contributed by atoms with Gasteiger partial charge in [0.05, 0.1) is 26.2 Å². The molecule has 2 unspecified atom stereocenters. The molecule has 8 nitrogen and oxygen atoms in total. The highest BCUT2D eigenvalue weighted by atomic mass is 16.1. The van der Waals surface area contributed by atoms with Crippen molar-refractivity contribution in [3.63, 3.8) is 0 Å². The fourth-order valence-electron chi connectivity index (χ4n) is 2.74. The summed E-state index contributed by atoms with van der Waals surface area (Å²) in [4.78, 5) is 55.0. The zero-order valence-electron chi connectivity index (χ0n) is 13.6. The van der Waals surface area contributed by atoms with E-state index in [4.69, 9.17) is 0 Å². The Morgan fingerprint density at radius 1 is 0.500 bits per heavy atom. The van der Waals surface area contributed by atoms with E-state index in [-0.39, 0.29) is 11.8 Å². The van der Waals surface area contributed by atoms with Crippen molar-refractivity contribution >= 4 is 24.3 Å². The number of carbonyl (C=O) groups excluding carboxylic acids is 4. The van der Waals surface area contributed by atoms with Crippen LogP contribution in [0.1, 0.15) is 38.5 Å². The molecule has 0 fully saturated rings. The lowest BCUT2D eigenvalue weighted by atomic mass is 9.80. The number of hydrogen-bond donors (Lipinski definition) is 0. The summed E-state index contributed by atoms with van der Waals surface area (Å²) >= 11 is 0. The molecule has 0 bridgehead atoms. The maximum absolute atomic E-state index is 10.3. The number of aliphatic imine (C=N–C) groups is 4. The number of hydrogen-bond acceptors (Lipinski definition) is 8. The second-order valence-corrected chi connectivity index (χ2v) is 5.27. The molecular weight excluding hydrogens is 312 g/mol. The van der Waals surface area contributed by atoms with Gasteiger partial charge in [0.2, 0.25) is 24.3 Å². The Bertz CT molecular complexity index is 478. The van der Waals surface area contributed by atoms with E-state index in [1.165, 1.54) is 24.3 Å². The topological polar surface area (TPSA) is 118 Å². The zero-order valence-corrected chi connectivity index (χ0v) is 13.6. The molecule has 0 N–H and O–H groups in total. The lowest BCUT2D eigenvalue weighted by molar-refractivity contribution is 0.261. The van der Waals surface area contributed by atoms with Crippen LogP contribution in [-0.4, -0.2) is 50.5 Å². The third-order valence-electron chi connectivity index (χ3n) is 3.84. The van der Waals surface area contributed by atoms with Gasteiger partial charge in [0.15, 0.2) is 0 Å². The second kappa shape index (κ2) is 16.9. The van der Waals surface area contributed by atoms with Crippen LogP contribution in [-0.2, 0) is 19.2 Å². The molecule has 24 heavy (non-hydrogen) atoms. The minimum absolute atomic E-state index is 0.242. The van der Waals surface area contributed by atoms with Crippen LogP contribution in [0.25, 0.3) is 0 Å². The van der Waals surface area contributed by atoms with Crippen LogP contribution in [0.4, 0.5) is 0 Å². The summed E-state index contributed by atoms with van der Waals surface area (Å²) in [5.41, 5.74) is 0. The van der Waals surface area contributed by atoms with Gasteiger partial charge in [-0.2, -0.15) is 0 Å². The molecule has 0 amide bonds. The van der Waals surface area contributed by atoms with Gasteiger partial charge < -0.3 is 0 Å². The Morgan fingerprint density at radius 3 is 1.17 bits per heavy atom. The first-order chi connectivity index (χ1) is 11.8. The summed E-state index contributed by atoms with van der Waals surface area (Å²) < 4.78 is 0. The zero-order chi connectivity index (χ0) is 17.9. The van der Waals surface area contributed by atoms with Gasteiger partial charge in [-0.15, -0.1) is 0 Å². The molecule has 2 atom stereocenters. The van der Waals surface area contributed by atoms with Crippen molar-refractivity contribution in [2.24, 2.45) is 31.8 Å². The molecular formula is C16H22N4O4. The Morgan fingerprint density at radius 2 is 0.833 bits per heavy atom. The van der Waals surface area contributed by atoms with Crippen LogP contribution >= 0.6 is 0 Å². The Labute approximate surface area is 140 Å². The molecule has 0 rings (SSSR count). The van der Waals surface area contributed by atoms with Gasteiger partial charge in [-0.1, -0.05) is 0 Å². The monoisotopic (exact) mass is 334 g/mol. The molecule has 0 spiro atoms. The average Bonchev–Trinajstić information content (AvgIpc) is 2.59. The smallest absolute Gasteiger partial charge is 0.211 e. The van der Waals surface area contributed by atoms with Gasteiger partial charge >= 0.3 is 0 Å². The van der Waals surface area contributed by atoms with Gasteiger partial charge in [0.25, 0.3) is 0 Å². The van der Waals surface area contributed by atoms with Crippen LogP contribution in [0.3, 0.4) is 0 Å². The van der Waals surface area contributed by atoms with E-state index in [1.54, 1.807) is 0 Å². The molecule has 0 saturated carbocycles. The molecule has 0 aliphatic rings. The van der Waals surface area contributed by atoms with E-state index >= 15 is 0 Å². The van der Waals surface area contributed by atoms with Gasteiger partial charge in [0, 0.05) is 0 Å². The lowest BCUT2D eigenvalue weighted by Crippen LogP contribution is -2.18. The van der Waals surface area contributed by atoms with Crippen molar-refractivity contribution in [2.75, 3.05) is 26.2 Å². The van der Waals surface area contributed by atoms with E-state index in [9.17, 15) is 19.2 Å². The predicted molar refractivity (Wildman–Crippen MR) is 86.6 cm³/mol. The molecule has 0 aromatic carbocycles. The van der Waals surface area contributed by atoms with Crippen molar-refractivity contribution in [3.05, 3.63) is 0 Å². The summed E-state index contributed by atoms with van der Waals surface area (Å²) in [6.07, 6.45) is 10.6. The molecule has 130 valence electrons. The summed E-state index contributed by atoms with van der Waals surface area (Å²) in [7, 11) is 0. The first-order valence-electron chi connectivity index (χ1n) is 7.94. The third kappa shape index (κ3) is 12.1. The fourth-order valence-corrected chi connectivity index (χ4v) is 2.74. The Kier molecular flexibility index (Phi) is 15.1. The predicted octanol–water partition coefficient (Wildman–Crippen LogP) is 1.90. The van der Waals surface area contributed by atoms with Gasteiger partial charge in [-0.3, -0.25) is 0 Å². The standard InChI is InChI=1S/C16H22N4O4/c21-11-17-7-1-3-15(5-9-19-13-23)16(6-10-20-14-24)4-2-8-18-12-22/h15-16H,1-10H2. The highest BCUT2D eigenvalue weighted by Gasteiger charge is 2.20. The second-order valence-electron chi connectivity index (χ2n) is 5.27. The van der Waals surface area contributed by atoms with Gasteiger partial charge in [-0.25, -0.2) is 39.1 Å². The van der Waals surface area contributed by atoms with E-state index in [2.05, 4.69) is 20.0 Å². The maximum Gasteiger partial charge on any atom is 0.234 e. The third-order valence-corrected chi connectivity index (χ3v) is 3.84. The van der Waals surface area contributed by atoms with E-state index < -0.39 is 0 Å². The average molecular weight is 334 g/mol. The quantitative estimate of drug-likeness (QED) is 0.258. The minimum Gasteiger partial charge on any atom is -0.211 e. The summed E-state index contributed by atoms with van der Waals surface area (Å²) in [5.74, 6) is 0.483. The van der Waals surface area contributed by atoms with Crippen LogP contribution in [0.2, 0.25) is 0 Å². The number of rotatable bonds is 15. The summed E-state index contributed by atoms with van der Waals surface area (Å²) in [6.45, 7) is 1.58. The molecule has 0 aliphatic heterocycles. The SMILES string of the molecule is O=C=NCCCC(CCN=C=O)C(CCCN=C=O)CCN=C=O. The molecule has 0 saturated heterocycles. The Hall–Kier alpha value is -2.48. The highest BCUT2D eigenvalue weighted by molar-refractivity contribution is 5.33. The van der Waals surface area contributed by atoms with E-state index in [1.807, 2.05) is 0 Å². The Balaban J connectivity index is 4.79.